The van der Waals surface area contributed by atoms with Crippen molar-refractivity contribution >= 4 is 17.5 Å². The Labute approximate surface area is 142 Å². The molecule has 1 aliphatic heterocycles. The van der Waals surface area contributed by atoms with E-state index in [1.165, 1.54) is 0 Å². The SMILES string of the molecule is CC1Oc2ccccc2N(CCC(=O)NC(C)(CN)C2CC2)C1=O. The molecule has 0 spiro atoms. The van der Waals surface area contributed by atoms with Crippen LogP contribution in [0.3, 0.4) is 0 Å². The van der Waals surface area contributed by atoms with E-state index >= 15 is 0 Å². The van der Waals surface area contributed by atoms with Crippen LogP contribution >= 0.6 is 0 Å². The van der Waals surface area contributed by atoms with E-state index in [9.17, 15) is 9.59 Å². The van der Waals surface area contributed by atoms with Gasteiger partial charge in [0.05, 0.1) is 11.2 Å². The van der Waals surface area contributed by atoms with Crippen molar-refractivity contribution < 1.29 is 14.3 Å². The molecule has 2 atom stereocenters. The van der Waals surface area contributed by atoms with Crippen molar-refractivity contribution in [2.75, 3.05) is 18.0 Å². The minimum Gasteiger partial charge on any atom is -0.479 e. The van der Waals surface area contributed by atoms with Gasteiger partial charge in [-0.2, -0.15) is 0 Å². The minimum atomic E-state index is -0.538. The molecule has 2 amide bonds. The molecular weight excluding hydrogens is 306 g/mol. The van der Waals surface area contributed by atoms with Gasteiger partial charge in [0.2, 0.25) is 5.91 Å². The second kappa shape index (κ2) is 6.43. The first-order valence-corrected chi connectivity index (χ1v) is 8.53. The largest absolute Gasteiger partial charge is 0.479 e. The molecule has 6 heteroatoms. The Morgan fingerprint density at radius 1 is 1.42 bits per heavy atom. The fourth-order valence-electron chi connectivity index (χ4n) is 3.22. The summed E-state index contributed by atoms with van der Waals surface area (Å²) in [5, 5.41) is 3.06. The van der Waals surface area contributed by atoms with Crippen LogP contribution in [0, 0.1) is 5.92 Å². The molecule has 0 saturated heterocycles. The highest BCUT2D eigenvalue weighted by Gasteiger charge is 2.41. The molecule has 3 N–H and O–H groups in total. The van der Waals surface area contributed by atoms with Gasteiger partial charge >= 0.3 is 0 Å². The predicted molar refractivity (Wildman–Crippen MR) is 91.8 cm³/mol. The highest BCUT2D eigenvalue weighted by molar-refractivity contribution is 6.00. The molecule has 130 valence electrons. The number of rotatable bonds is 6. The Morgan fingerprint density at radius 2 is 2.12 bits per heavy atom. The van der Waals surface area contributed by atoms with Gasteiger partial charge in [0.25, 0.3) is 5.91 Å². The van der Waals surface area contributed by atoms with Crippen LogP contribution in [0.5, 0.6) is 5.75 Å². The lowest BCUT2D eigenvalue weighted by Crippen LogP contribution is -2.54. The molecule has 6 nitrogen and oxygen atoms in total. The molecule has 1 aromatic rings. The van der Waals surface area contributed by atoms with E-state index in [0.717, 1.165) is 18.5 Å². The predicted octanol–water partition coefficient (Wildman–Crippen LogP) is 1.43. The first kappa shape index (κ1) is 16.8. The summed E-state index contributed by atoms with van der Waals surface area (Å²) in [7, 11) is 0. The molecule has 1 aliphatic carbocycles. The van der Waals surface area contributed by atoms with Crippen LogP contribution in [0.2, 0.25) is 0 Å². The average Bonchev–Trinajstić information content (AvgIpc) is 3.40. The fraction of sp³-hybridized carbons (Fsp3) is 0.556. The second-order valence-corrected chi connectivity index (χ2v) is 6.91. The number of nitrogens with one attached hydrogen (secondary N) is 1. The number of nitrogens with two attached hydrogens (primary N) is 1. The van der Waals surface area contributed by atoms with Gasteiger partial charge in [-0.3, -0.25) is 9.59 Å². The van der Waals surface area contributed by atoms with Gasteiger partial charge in [0.1, 0.15) is 5.75 Å². The van der Waals surface area contributed by atoms with Gasteiger partial charge in [0, 0.05) is 19.5 Å². The quantitative estimate of drug-likeness (QED) is 0.826. The first-order valence-electron chi connectivity index (χ1n) is 8.53. The number of anilines is 1. The van der Waals surface area contributed by atoms with E-state index < -0.39 is 6.10 Å². The van der Waals surface area contributed by atoms with Crippen LogP contribution in [0.1, 0.15) is 33.1 Å². The number of benzene rings is 1. The molecule has 1 aromatic carbocycles. The van der Waals surface area contributed by atoms with E-state index in [1.807, 2.05) is 31.2 Å². The van der Waals surface area contributed by atoms with Crippen molar-refractivity contribution in [3.05, 3.63) is 24.3 Å². The zero-order valence-corrected chi connectivity index (χ0v) is 14.2. The normalized spacial score (nSPS) is 22.4. The van der Waals surface area contributed by atoms with Gasteiger partial charge < -0.3 is 20.7 Å². The van der Waals surface area contributed by atoms with Crippen LogP contribution in [-0.2, 0) is 9.59 Å². The number of carbonyl (C=O) groups is 2. The average molecular weight is 331 g/mol. The number of hydrogen-bond donors (Lipinski definition) is 2. The van der Waals surface area contributed by atoms with Crippen molar-refractivity contribution in [3.63, 3.8) is 0 Å². The summed E-state index contributed by atoms with van der Waals surface area (Å²) in [6.45, 7) is 4.49. The molecule has 1 heterocycles. The second-order valence-electron chi connectivity index (χ2n) is 6.91. The van der Waals surface area contributed by atoms with E-state index in [4.69, 9.17) is 10.5 Å². The highest BCUT2D eigenvalue weighted by Crippen LogP contribution is 2.39. The lowest BCUT2D eigenvalue weighted by molar-refractivity contribution is -0.126. The molecule has 3 rings (SSSR count). The molecular formula is C18H25N3O3. The third-order valence-electron chi connectivity index (χ3n) is 4.96. The number of nitrogens with zero attached hydrogens (tertiary/aromatic N) is 1. The summed E-state index contributed by atoms with van der Waals surface area (Å²) >= 11 is 0. The molecule has 1 saturated carbocycles. The number of hydrogen-bond acceptors (Lipinski definition) is 4. The maximum atomic E-state index is 12.4. The van der Waals surface area contributed by atoms with E-state index in [0.29, 0.717) is 24.8 Å². The molecule has 24 heavy (non-hydrogen) atoms. The zero-order chi connectivity index (χ0) is 17.3. The van der Waals surface area contributed by atoms with Crippen LogP contribution in [0.15, 0.2) is 24.3 Å². The summed E-state index contributed by atoms with van der Waals surface area (Å²) < 4.78 is 5.61. The molecule has 0 radical (unpaired) electrons. The number of carbonyl (C=O) groups excluding carboxylic acids is 2. The van der Waals surface area contributed by atoms with E-state index in [1.54, 1.807) is 11.8 Å². The lowest BCUT2D eigenvalue weighted by atomic mass is 9.96. The van der Waals surface area contributed by atoms with Gasteiger partial charge in [-0.15, -0.1) is 0 Å². The topological polar surface area (TPSA) is 84.7 Å². The summed E-state index contributed by atoms with van der Waals surface area (Å²) in [5.74, 6) is 0.955. The van der Waals surface area contributed by atoms with Gasteiger partial charge in [0.15, 0.2) is 6.10 Å². The Balaban J connectivity index is 1.65. The van der Waals surface area contributed by atoms with Crippen molar-refractivity contribution in [1.82, 2.24) is 5.32 Å². The van der Waals surface area contributed by atoms with Crippen LogP contribution < -0.4 is 20.7 Å². The van der Waals surface area contributed by atoms with E-state index in [2.05, 4.69) is 5.32 Å². The Kier molecular flexibility index (Phi) is 4.49. The zero-order valence-electron chi connectivity index (χ0n) is 14.2. The molecule has 1 fully saturated rings. The Morgan fingerprint density at radius 3 is 2.79 bits per heavy atom. The lowest BCUT2D eigenvalue weighted by Gasteiger charge is -2.33. The first-order chi connectivity index (χ1) is 11.4. The number of fused-ring (bicyclic) bond motifs is 1. The van der Waals surface area contributed by atoms with Gasteiger partial charge in [-0.05, 0) is 44.7 Å². The number of ether oxygens (including phenoxy) is 1. The van der Waals surface area contributed by atoms with Crippen molar-refractivity contribution in [1.29, 1.82) is 0 Å². The smallest absolute Gasteiger partial charge is 0.267 e. The molecule has 0 aromatic heterocycles. The Bertz CT molecular complexity index is 644. The summed E-state index contributed by atoms with van der Waals surface area (Å²) in [6.07, 6.45) is 1.93. The van der Waals surface area contributed by atoms with E-state index in [-0.39, 0.29) is 23.8 Å². The third kappa shape index (κ3) is 3.24. The standard InChI is InChI=1S/C18H25N3O3/c1-12-17(23)21(14-5-3-4-6-15(14)24-12)10-9-16(22)20-18(2,11-19)13-7-8-13/h3-6,12-13H,7-11,19H2,1-2H3,(H,20,22). The maximum absolute atomic E-state index is 12.4. The highest BCUT2D eigenvalue weighted by atomic mass is 16.5. The monoisotopic (exact) mass is 331 g/mol. The van der Waals surface area contributed by atoms with Crippen LogP contribution in [-0.4, -0.2) is 36.5 Å². The van der Waals surface area contributed by atoms with Crippen LogP contribution in [0.4, 0.5) is 5.69 Å². The molecule has 2 unspecified atom stereocenters. The Hall–Kier alpha value is -2.08. The number of amides is 2. The third-order valence-corrected chi connectivity index (χ3v) is 4.96. The summed E-state index contributed by atoms with van der Waals surface area (Å²) in [6, 6.07) is 7.40. The molecule has 2 aliphatic rings. The van der Waals surface area contributed by atoms with Crippen LogP contribution in [0.25, 0.3) is 0 Å². The summed E-state index contributed by atoms with van der Waals surface area (Å²) in [5.41, 5.74) is 6.23. The summed E-state index contributed by atoms with van der Waals surface area (Å²) in [4.78, 5) is 26.4. The van der Waals surface area contributed by atoms with Crippen molar-refractivity contribution in [2.45, 2.75) is 44.8 Å². The number of para-hydroxylation sites is 2. The maximum Gasteiger partial charge on any atom is 0.267 e. The minimum absolute atomic E-state index is 0.0701. The van der Waals surface area contributed by atoms with Crippen molar-refractivity contribution in [3.8, 4) is 5.75 Å². The van der Waals surface area contributed by atoms with Crippen molar-refractivity contribution in [2.24, 2.45) is 11.7 Å². The molecule has 0 bridgehead atoms. The fourth-order valence-corrected chi connectivity index (χ4v) is 3.22. The van der Waals surface area contributed by atoms with Gasteiger partial charge in [-0.1, -0.05) is 12.1 Å². The van der Waals surface area contributed by atoms with Gasteiger partial charge in [-0.25, -0.2) is 0 Å².